The topological polar surface area (TPSA) is 38.4 Å². The summed E-state index contributed by atoms with van der Waals surface area (Å²) in [6.45, 7) is 10.6. The molecule has 2 aromatic heterocycles. The third-order valence-electron chi connectivity index (χ3n) is 3.97. The van der Waals surface area contributed by atoms with Crippen LogP contribution in [-0.2, 0) is 6.54 Å². The standard InChI is InChI=1S/C18H26N2O2/c1-5-9-19(10-6-2)18(21)17-12-14(3)20(15(17)4)13-16-8-7-11-22-16/h7-8,11-12H,5-6,9-10,13H2,1-4H3. The molecule has 0 N–H and O–H groups in total. The Morgan fingerprint density at radius 3 is 2.45 bits per heavy atom. The van der Waals surface area contributed by atoms with E-state index >= 15 is 0 Å². The largest absolute Gasteiger partial charge is 0.467 e. The van der Waals surface area contributed by atoms with Gasteiger partial charge in [-0.2, -0.15) is 0 Å². The van der Waals surface area contributed by atoms with Crippen LogP contribution in [0, 0.1) is 13.8 Å². The van der Waals surface area contributed by atoms with Crippen molar-refractivity contribution in [1.29, 1.82) is 0 Å². The summed E-state index contributed by atoms with van der Waals surface area (Å²) in [7, 11) is 0. The van der Waals surface area contributed by atoms with E-state index in [1.54, 1.807) is 6.26 Å². The van der Waals surface area contributed by atoms with Gasteiger partial charge >= 0.3 is 0 Å². The molecule has 0 fully saturated rings. The highest BCUT2D eigenvalue weighted by atomic mass is 16.3. The highest BCUT2D eigenvalue weighted by molar-refractivity contribution is 5.95. The molecule has 0 aliphatic heterocycles. The number of amides is 1. The van der Waals surface area contributed by atoms with E-state index in [1.165, 1.54) is 0 Å². The molecule has 0 aliphatic carbocycles. The van der Waals surface area contributed by atoms with E-state index in [0.717, 1.165) is 48.6 Å². The summed E-state index contributed by atoms with van der Waals surface area (Å²) >= 11 is 0. The Labute approximate surface area is 132 Å². The predicted octanol–water partition coefficient (Wildman–Crippen LogP) is 4.01. The third kappa shape index (κ3) is 3.43. The van der Waals surface area contributed by atoms with E-state index in [1.807, 2.05) is 36.9 Å². The molecule has 0 aromatic carbocycles. The molecule has 2 heterocycles. The zero-order valence-corrected chi connectivity index (χ0v) is 14.1. The van der Waals surface area contributed by atoms with E-state index in [0.29, 0.717) is 6.54 Å². The van der Waals surface area contributed by atoms with E-state index in [9.17, 15) is 4.79 Å². The number of furan rings is 1. The summed E-state index contributed by atoms with van der Waals surface area (Å²) in [6, 6.07) is 5.85. The molecule has 120 valence electrons. The SMILES string of the molecule is CCCN(CCC)C(=O)c1cc(C)n(Cc2ccco2)c1C. The van der Waals surface area contributed by atoms with Crippen molar-refractivity contribution in [3.05, 3.63) is 47.2 Å². The van der Waals surface area contributed by atoms with Crippen LogP contribution in [0.15, 0.2) is 28.9 Å². The lowest BCUT2D eigenvalue weighted by molar-refractivity contribution is 0.0754. The second kappa shape index (κ2) is 7.34. The van der Waals surface area contributed by atoms with Gasteiger partial charge in [-0.3, -0.25) is 4.79 Å². The summed E-state index contributed by atoms with van der Waals surface area (Å²) in [5.74, 6) is 1.04. The molecular formula is C18H26N2O2. The molecular weight excluding hydrogens is 276 g/mol. The van der Waals surface area contributed by atoms with Crippen molar-refractivity contribution in [2.75, 3.05) is 13.1 Å². The van der Waals surface area contributed by atoms with Crippen LogP contribution in [0.2, 0.25) is 0 Å². The Kier molecular flexibility index (Phi) is 5.47. The van der Waals surface area contributed by atoms with Crippen molar-refractivity contribution in [3.63, 3.8) is 0 Å². The minimum atomic E-state index is 0.141. The maximum atomic E-state index is 12.8. The zero-order valence-electron chi connectivity index (χ0n) is 14.1. The number of hydrogen-bond acceptors (Lipinski definition) is 2. The third-order valence-corrected chi connectivity index (χ3v) is 3.97. The van der Waals surface area contributed by atoms with Gasteiger partial charge in [0.15, 0.2) is 0 Å². The summed E-state index contributed by atoms with van der Waals surface area (Å²) in [4.78, 5) is 14.8. The first-order valence-electron chi connectivity index (χ1n) is 8.06. The zero-order chi connectivity index (χ0) is 16.1. The van der Waals surface area contributed by atoms with Gasteiger partial charge in [0.25, 0.3) is 5.91 Å². The molecule has 0 bridgehead atoms. The quantitative estimate of drug-likeness (QED) is 0.775. The van der Waals surface area contributed by atoms with Crippen molar-refractivity contribution in [2.45, 2.75) is 47.1 Å². The minimum Gasteiger partial charge on any atom is -0.467 e. The lowest BCUT2D eigenvalue weighted by Crippen LogP contribution is -2.32. The monoisotopic (exact) mass is 302 g/mol. The minimum absolute atomic E-state index is 0.141. The predicted molar refractivity (Wildman–Crippen MR) is 88.2 cm³/mol. The van der Waals surface area contributed by atoms with Crippen LogP contribution in [0.25, 0.3) is 0 Å². The number of aromatic nitrogens is 1. The normalized spacial score (nSPS) is 10.9. The van der Waals surface area contributed by atoms with Gasteiger partial charge < -0.3 is 13.9 Å². The summed E-state index contributed by atoms with van der Waals surface area (Å²) in [5.41, 5.74) is 2.91. The molecule has 22 heavy (non-hydrogen) atoms. The van der Waals surface area contributed by atoms with Crippen LogP contribution in [0.1, 0.15) is 54.2 Å². The molecule has 2 rings (SSSR count). The van der Waals surface area contributed by atoms with Gasteiger partial charge in [0.1, 0.15) is 5.76 Å². The smallest absolute Gasteiger partial charge is 0.255 e. The highest BCUT2D eigenvalue weighted by Gasteiger charge is 2.20. The second-order valence-corrected chi connectivity index (χ2v) is 5.74. The maximum Gasteiger partial charge on any atom is 0.255 e. The molecule has 0 saturated heterocycles. The first-order valence-corrected chi connectivity index (χ1v) is 8.06. The molecule has 0 saturated carbocycles. The maximum absolute atomic E-state index is 12.8. The van der Waals surface area contributed by atoms with Crippen LogP contribution < -0.4 is 0 Å². The fourth-order valence-electron chi connectivity index (χ4n) is 2.84. The van der Waals surface area contributed by atoms with Crippen molar-refractivity contribution < 1.29 is 9.21 Å². The van der Waals surface area contributed by atoms with Crippen molar-refractivity contribution >= 4 is 5.91 Å². The van der Waals surface area contributed by atoms with Gasteiger partial charge in [0.05, 0.1) is 18.4 Å². The van der Waals surface area contributed by atoms with Gasteiger partial charge in [0.2, 0.25) is 0 Å². The number of nitrogens with zero attached hydrogens (tertiary/aromatic N) is 2. The van der Waals surface area contributed by atoms with Crippen LogP contribution in [0.5, 0.6) is 0 Å². The van der Waals surface area contributed by atoms with E-state index in [2.05, 4.69) is 18.4 Å². The molecule has 4 heteroatoms. The summed E-state index contributed by atoms with van der Waals surface area (Å²) in [5, 5.41) is 0. The average molecular weight is 302 g/mol. The lowest BCUT2D eigenvalue weighted by Gasteiger charge is -2.21. The van der Waals surface area contributed by atoms with E-state index in [4.69, 9.17) is 4.42 Å². The fourth-order valence-corrected chi connectivity index (χ4v) is 2.84. The van der Waals surface area contributed by atoms with E-state index in [-0.39, 0.29) is 5.91 Å². The van der Waals surface area contributed by atoms with Crippen molar-refractivity contribution in [2.24, 2.45) is 0 Å². The Hall–Kier alpha value is -1.97. The van der Waals surface area contributed by atoms with Gasteiger partial charge in [-0.05, 0) is 44.9 Å². The molecule has 0 unspecified atom stereocenters. The molecule has 0 atom stereocenters. The Morgan fingerprint density at radius 1 is 1.23 bits per heavy atom. The van der Waals surface area contributed by atoms with E-state index < -0.39 is 0 Å². The number of aryl methyl sites for hydroxylation is 1. The first kappa shape index (κ1) is 16.4. The van der Waals surface area contributed by atoms with Crippen LogP contribution >= 0.6 is 0 Å². The van der Waals surface area contributed by atoms with Crippen molar-refractivity contribution in [1.82, 2.24) is 9.47 Å². The Morgan fingerprint density at radius 2 is 1.91 bits per heavy atom. The van der Waals surface area contributed by atoms with Crippen LogP contribution in [0.4, 0.5) is 0 Å². The molecule has 0 aliphatic rings. The van der Waals surface area contributed by atoms with Gasteiger partial charge in [-0.15, -0.1) is 0 Å². The Bertz CT molecular complexity index is 605. The number of rotatable bonds is 7. The Balaban J connectivity index is 2.26. The molecule has 0 spiro atoms. The molecule has 1 amide bonds. The number of hydrogen-bond donors (Lipinski definition) is 0. The number of carbonyl (C=O) groups is 1. The molecule has 2 aromatic rings. The molecule has 0 radical (unpaired) electrons. The highest BCUT2D eigenvalue weighted by Crippen LogP contribution is 2.19. The molecule has 4 nitrogen and oxygen atoms in total. The first-order chi connectivity index (χ1) is 10.6. The summed E-state index contributed by atoms with van der Waals surface area (Å²) < 4.78 is 7.57. The van der Waals surface area contributed by atoms with Crippen molar-refractivity contribution in [3.8, 4) is 0 Å². The van der Waals surface area contributed by atoms with Gasteiger partial charge in [-0.1, -0.05) is 13.8 Å². The van der Waals surface area contributed by atoms with Gasteiger partial charge in [-0.25, -0.2) is 0 Å². The summed E-state index contributed by atoms with van der Waals surface area (Å²) in [6.07, 6.45) is 3.65. The fraction of sp³-hybridized carbons (Fsp3) is 0.500. The average Bonchev–Trinajstić information content (AvgIpc) is 3.10. The van der Waals surface area contributed by atoms with Crippen LogP contribution in [-0.4, -0.2) is 28.5 Å². The second-order valence-electron chi connectivity index (χ2n) is 5.74. The lowest BCUT2D eigenvalue weighted by atomic mass is 10.2. The number of carbonyl (C=O) groups excluding carboxylic acids is 1. The van der Waals surface area contributed by atoms with Gasteiger partial charge in [0, 0.05) is 24.5 Å². The van der Waals surface area contributed by atoms with Crippen LogP contribution in [0.3, 0.4) is 0 Å².